The third kappa shape index (κ3) is 3.52. The molecule has 0 spiro atoms. The molecule has 0 radical (unpaired) electrons. The standard InChI is InChI=1S/C25H17FN2O3S/c1-13-8-16(10-17(26)9-13)23(30)24-22(19-7-6-18(29)11-20(19)32-24)14-2-4-15(5-3-14)25-28-21(27)12-31-25/h2-12,29H,27H2,1H3. The Morgan fingerprint density at radius 2 is 1.81 bits per heavy atom. The van der Waals surface area contributed by atoms with Crippen LogP contribution in [0.25, 0.3) is 32.7 Å². The number of hydrogen-bond donors (Lipinski definition) is 2. The number of carbonyl (C=O) groups excluding carboxylic acids is 1. The Kier molecular flexibility index (Phi) is 4.75. The van der Waals surface area contributed by atoms with Crippen LogP contribution < -0.4 is 5.73 Å². The van der Waals surface area contributed by atoms with E-state index in [1.165, 1.54) is 29.7 Å². The summed E-state index contributed by atoms with van der Waals surface area (Å²) in [6.07, 6.45) is 1.37. The molecule has 2 aromatic heterocycles. The molecule has 0 atom stereocenters. The van der Waals surface area contributed by atoms with E-state index in [1.54, 1.807) is 31.2 Å². The van der Waals surface area contributed by atoms with Gasteiger partial charge in [-0.15, -0.1) is 11.3 Å². The van der Waals surface area contributed by atoms with Crippen molar-refractivity contribution in [1.82, 2.24) is 4.98 Å². The number of hydrogen-bond acceptors (Lipinski definition) is 6. The topological polar surface area (TPSA) is 89.3 Å². The summed E-state index contributed by atoms with van der Waals surface area (Å²) < 4.78 is 20.1. The summed E-state index contributed by atoms with van der Waals surface area (Å²) in [6, 6.07) is 16.7. The number of nitrogen functional groups attached to an aromatic ring is 1. The molecule has 0 fully saturated rings. The summed E-state index contributed by atoms with van der Waals surface area (Å²) in [4.78, 5) is 18.0. The number of nitrogens with two attached hydrogens (primary N) is 1. The minimum atomic E-state index is -0.455. The molecule has 5 nitrogen and oxygen atoms in total. The smallest absolute Gasteiger partial charge is 0.227 e. The summed E-state index contributed by atoms with van der Waals surface area (Å²) in [6.45, 7) is 1.75. The van der Waals surface area contributed by atoms with Gasteiger partial charge in [0, 0.05) is 26.8 Å². The molecule has 0 saturated heterocycles. The van der Waals surface area contributed by atoms with E-state index in [2.05, 4.69) is 4.98 Å². The van der Waals surface area contributed by atoms with E-state index in [9.17, 15) is 14.3 Å². The molecular weight excluding hydrogens is 427 g/mol. The molecule has 158 valence electrons. The first kappa shape index (κ1) is 20.0. The Morgan fingerprint density at radius 1 is 1.06 bits per heavy atom. The monoisotopic (exact) mass is 444 g/mol. The summed E-state index contributed by atoms with van der Waals surface area (Å²) in [5, 5.41) is 10.8. The maximum Gasteiger partial charge on any atom is 0.227 e. The molecule has 7 heteroatoms. The number of aryl methyl sites for hydroxylation is 1. The number of aromatic nitrogens is 1. The molecule has 0 amide bonds. The minimum Gasteiger partial charge on any atom is -0.508 e. The first-order valence-corrected chi connectivity index (χ1v) is 10.6. The normalized spacial score (nSPS) is 11.2. The van der Waals surface area contributed by atoms with E-state index in [0.717, 1.165) is 26.8 Å². The number of halogens is 1. The van der Waals surface area contributed by atoms with Gasteiger partial charge in [-0.1, -0.05) is 12.1 Å². The third-order valence-corrected chi connectivity index (χ3v) is 6.28. The molecule has 3 N–H and O–H groups in total. The van der Waals surface area contributed by atoms with Crippen LogP contribution in [0, 0.1) is 12.7 Å². The largest absolute Gasteiger partial charge is 0.508 e. The number of nitrogens with zero attached hydrogens (tertiary/aromatic N) is 1. The zero-order valence-electron chi connectivity index (χ0n) is 16.9. The fraction of sp³-hybridized carbons (Fsp3) is 0.0400. The number of fused-ring (bicyclic) bond motifs is 1. The average molecular weight is 444 g/mol. The van der Waals surface area contributed by atoms with E-state index < -0.39 is 5.82 Å². The lowest BCUT2D eigenvalue weighted by atomic mass is 9.97. The van der Waals surface area contributed by atoms with E-state index >= 15 is 0 Å². The fourth-order valence-electron chi connectivity index (χ4n) is 3.73. The maximum atomic E-state index is 14.0. The lowest BCUT2D eigenvalue weighted by Crippen LogP contribution is -2.02. The van der Waals surface area contributed by atoms with Crippen molar-refractivity contribution < 1.29 is 18.7 Å². The molecule has 0 bridgehead atoms. The predicted octanol–water partition coefficient (Wildman–Crippen LogP) is 6.19. The third-order valence-electron chi connectivity index (χ3n) is 5.13. The highest BCUT2D eigenvalue weighted by Crippen LogP contribution is 2.41. The zero-order chi connectivity index (χ0) is 22.4. The minimum absolute atomic E-state index is 0.114. The second-order valence-electron chi connectivity index (χ2n) is 7.49. The molecule has 5 aromatic rings. The van der Waals surface area contributed by atoms with Gasteiger partial charge in [-0.2, -0.15) is 4.98 Å². The Bertz CT molecular complexity index is 1470. The number of phenolic OH excluding ortho intramolecular Hbond substituents is 1. The van der Waals surface area contributed by atoms with Crippen LogP contribution in [0.1, 0.15) is 20.8 Å². The fourth-order valence-corrected chi connectivity index (χ4v) is 4.95. The number of phenols is 1. The highest BCUT2D eigenvalue weighted by atomic mass is 32.1. The average Bonchev–Trinajstić information content (AvgIpc) is 3.36. The lowest BCUT2D eigenvalue weighted by Gasteiger charge is -2.07. The molecule has 0 aliphatic carbocycles. The van der Waals surface area contributed by atoms with Crippen molar-refractivity contribution in [2.24, 2.45) is 0 Å². The lowest BCUT2D eigenvalue weighted by molar-refractivity contribution is 0.104. The van der Waals surface area contributed by atoms with Gasteiger partial charge in [0.2, 0.25) is 11.7 Å². The second-order valence-corrected chi connectivity index (χ2v) is 8.54. The van der Waals surface area contributed by atoms with Crippen molar-refractivity contribution in [3.8, 4) is 28.3 Å². The Hall–Kier alpha value is -3.97. The van der Waals surface area contributed by atoms with Gasteiger partial charge in [0.05, 0.1) is 4.88 Å². The Balaban J connectivity index is 1.67. The molecule has 32 heavy (non-hydrogen) atoms. The summed E-state index contributed by atoms with van der Waals surface area (Å²) in [5.74, 6) is 0.0884. The molecule has 5 rings (SSSR count). The van der Waals surface area contributed by atoms with Gasteiger partial charge in [0.1, 0.15) is 17.8 Å². The van der Waals surface area contributed by atoms with Crippen LogP contribution in [0.4, 0.5) is 10.2 Å². The zero-order valence-corrected chi connectivity index (χ0v) is 17.7. The first-order chi connectivity index (χ1) is 15.4. The van der Waals surface area contributed by atoms with Crippen LogP contribution in [0.15, 0.2) is 71.3 Å². The number of thiophene rings is 1. The number of oxazole rings is 1. The Morgan fingerprint density at radius 3 is 2.50 bits per heavy atom. The van der Waals surface area contributed by atoms with Crippen LogP contribution in [-0.2, 0) is 0 Å². The van der Waals surface area contributed by atoms with Gasteiger partial charge < -0.3 is 15.3 Å². The Labute approximate surface area is 186 Å². The number of anilines is 1. The van der Waals surface area contributed by atoms with Gasteiger partial charge in [-0.05, 0) is 66.6 Å². The number of aromatic hydroxyl groups is 1. The van der Waals surface area contributed by atoms with Crippen LogP contribution >= 0.6 is 11.3 Å². The van der Waals surface area contributed by atoms with Gasteiger partial charge in [0.15, 0.2) is 5.82 Å². The summed E-state index contributed by atoms with van der Waals surface area (Å²) >= 11 is 1.27. The number of carbonyl (C=O) groups is 1. The molecule has 2 heterocycles. The van der Waals surface area contributed by atoms with Gasteiger partial charge >= 0.3 is 0 Å². The van der Waals surface area contributed by atoms with E-state index in [1.807, 2.05) is 24.3 Å². The number of ketones is 1. The van der Waals surface area contributed by atoms with E-state index in [-0.39, 0.29) is 17.1 Å². The molecule has 0 unspecified atom stereocenters. The first-order valence-electron chi connectivity index (χ1n) is 9.78. The van der Waals surface area contributed by atoms with Crippen molar-refractivity contribution in [3.05, 3.63) is 88.7 Å². The predicted molar refractivity (Wildman–Crippen MR) is 123 cm³/mol. The van der Waals surface area contributed by atoms with Gasteiger partial charge in [-0.3, -0.25) is 4.79 Å². The van der Waals surface area contributed by atoms with Crippen molar-refractivity contribution in [2.75, 3.05) is 5.73 Å². The quantitative estimate of drug-likeness (QED) is 0.323. The SMILES string of the molecule is Cc1cc(F)cc(C(=O)c2sc3cc(O)ccc3c2-c2ccc(-c3nc(N)co3)cc2)c1. The van der Waals surface area contributed by atoms with Gasteiger partial charge in [-0.25, -0.2) is 4.39 Å². The van der Waals surface area contributed by atoms with Crippen LogP contribution in [0.3, 0.4) is 0 Å². The van der Waals surface area contributed by atoms with Crippen molar-refractivity contribution in [1.29, 1.82) is 0 Å². The van der Waals surface area contributed by atoms with Gasteiger partial charge in [0.25, 0.3) is 0 Å². The van der Waals surface area contributed by atoms with Crippen molar-refractivity contribution >= 4 is 33.0 Å². The van der Waals surface area contributed by atoms with E-state index in [0.29, 0.717) is 22.1 Å². The van der Waals surface area contributed by atoms with Crippen LogP contribution in [0.2, 0.25) is 0 Å². The number of rotatable bonds is 4. The highest BCUT2D eigenvalue weighted by molar-refractivity contribution is 7.21. The molecule has 3 aromatic carbocycles. The molecule has 0 aliphatic heterocycles. The van der Waals surface area contributed by atoms with Crippen LogP contribution in [0.5, 0.6) is 5.75 Å². The van der Waals surface area contributed by atoms with Crippen LogP contribution in [-0.4, -0.2) is 15.9 Å². The molecule has 0 saturated carbocycles. The highest BCUT2D eigenvalue weighted by Gasteiger charge is 2.22. The summed E-state index contributed by atoms with van der Waals surface area (Å²) in [7, 11) is 0. The molecule has 0 aliphatic rings. The van der Waals surface area contributed by atoms with E-state index in [4.69, 9.17) is 10.2 Å². The molecular formula is C25H17FN2O3S. The van der Waals surface area contributed by atoms with Crippen molar-refractivity contribution in [2.45, 2.75) is 6.92 Å². The maximum absolute atomic E-state index is 14.0. The van der Waals surface area contributed by atoms with Crippen molar-refractivity contribution in [3.63, 3.8) is 0 Å². The number of benzene rings is 3. The second kappa shape index (κ2) is 7.62. The summed E-state index contributed by atoms with van der Waals surface area (Å²) in [5.41, 5.74) is 8.88.